The van der Waals surface area contributed by atoms with Crippen LogP contribution >= 0.6 is 15.9 Å². The predicted molar refractivity (Wildman–Crippen MR) is 74.4 cm³/mol. The van der Waals surface area contributed by atoms with Crippen LogP contribution in [0, 0.1) is 5.82 Å². The lowest BCUT2D eigenvalue weighted by Gasteiger charge is -2.05. The Morgan fingerprint density at radius 3 is 2.84 bits per heavy atom. The van der Waals surface area contributed by atoms with Crippen molar-refractivity contribution in [2.75, 3.05) is 6.54 Å². The van der Waals surface area contributed by atoms with Crippen molar-refractivity contribution in [1.82, 2.24) is 10.3 Å². The van der Waals surface area contributed by atoms with Gasteiger partial charge in [-0.3, -0.25) is 9.78 Å². The summed E-state index contributed by atoms with van der Waals surface area (Å²) < 4.78 is 13.7. The molecular weight excluding hydrogens is 311 g/mol. The second-order valence-electron chi connectivity index (χ2n) is 3.99. The number of hydrogen-bond donors (Lipinski definition) is 1. The summed E-state index contributed by atoms with van der Waals surface area (Å²) in [7, 11) is 0. The summed E-state index contributed by atoms with van der Waals surface area (Å²) in [6, 6.07) is 9.73. The molecule has 2 rings (SSSR count). The highest BCUT2D eigenvalue weighted by Crippen LogP contribution is 2.14. The average molecular weight is 323 g/mol. The van der Waals surface area contributed by atoms with Crippen molar-refractivity contribution in [2.24, 2.45) is 0 Å². The van der Waals surface area contributed by atoms with Gasteiger partial charge in [-0.15, -0.1) is 0 Å². The first-order valence-electron chi connectivity index (χ1n) is 5.79. The molecule has 0 aliphatic carbocycles. The molecule has 0 aliphatic rings. The van der Waals surface area contributed by atoms with Gasteiger partial charge >= 0.3 is 0 Å². The van der Waals surface area contributed by atoms with Crippen LogP contribution in [0.4, 0.5) is 4.39 Å². The molecule has 0 aliphatic heterocycles. The van der Waals surface area contributed by atoms with Crippen LogP contribution in [0.3, 0.4) is 0 Å². The third kappa shape index (κ3) is 4.13. The highest BCUT2D eigenvalue weighted by atomic mass is 79.9. The topological polar surface area (TPSA) is 42.0 Å². The monoisotopic (exact) mass is 322 g/mol. The zero-order chi connectivity index (χ0) is 13.7. The molecule has 1 aromatic carbocycles. The van der Waals surface area contributed by atoms with Crippen LogP contribution in [0.25, 0.3) is 0 Å². The van der Waals surface area contributed by atoms with Crippen LogP contribution in [0.1, 0.15) is 16.1 Å². The van der Waals surface area contributed by atoms with E-state index < -0.39 is 5.82 Å². The van der Waals surface area contributed by atoms with Crippen LogP contribution in [0.15, 0.2) is 47.1 Å². The number of halogens is 2. The van der Waals surface area contributed by atoms with Gasteiger partial charge in [-0.2, -0.15) is 0 Å². The molecule has 98 valence electrons. The van der Waals surface area contributed by atoms with Crippen molar-refractivity contribution < 1.29 is 9.18 Å². The fraction of sp³-hybridized carbons (Fsp3) is 0.143. The molecule has 1 aromatic heterocycles. The highest BCUT2D eigenvalue weighted by Gasteiger charge is 2.07. The number of benzene rings is 1. The molecule has 2 aromatic rings. The Morgan fingerprint density at radius 1 is 1.32 bits per heavy atom. The maximum Gasteiger partial charge on any atom is 0.251 e. The third-order valence-corrected chi connectivity index (χ3v) is 2.98. The van der Waals surface area contributed by atoms with Crippen molar-refractivity contribution in [2.45, 2.75) is 6.42 Å². The van der Waals surface area contributed by atoms with Gasteiger partial charge in [0, 0.05) is 34.9 Å². The molecule has 1 heterocycles. The molecule has 1 N–H and O–H groups in total. The van der Waals surface area contributed by atoms with E-state index in [1.807, 2.05) is 18.2 Å². The molecule has 0 saturated heterocycles. The van der Waals surface area contributed by atoms with Crippen molar-refractivity contribution in [3.63, 3.8) is 0 Å². The first-order chi connectivity index (χ1) is 9.15. The molecular formula is C14H12BrFN2O. The smallest absolute Gasteiger partial charge is 0.251 e. The molecule has 0 atom stereocenters. The number of carbonyl (C=O) groups is 1. The lowest BCUT2D eigenvalue weighted by atomic mass is 10.2. The molecule has 3 nitrogen and oxygen atoms in total. The van der Waals surface area contributed by atoms with Crippen molar-refractivity contribution in [3.8, 4) is 0 Å². The predicted octanol–water partition coefficient (Wildman–Crippen LogP) is 2.96. The summed E-state index contributed by atoms with van der Waals surface area (Å²) in [5.74, 6) is -0.736. The Labute approximate surface area is 119 Å². The minimum Gasteiger partial charge on any atom is -0.352 e. The van der Waals surface area contributed by atoms with E-state index in [0.717, 1.165) is 5.69 Å². The minimum absolute atomic E-state index is 0.295. The van der Waals surface area contributed by atoms with E-state index in [1.54, 1.807) is 12.3 Å². The first-order valence-corrected chi connectivity index (χ1v) is 6.58. The lowest BCUT2D eigenvalue weighted by molar-refractivity contribution is 0.0953. The van der Waals surface area contributed by atoms with Gasteiger partial charge in [0.1, 0.15) is 5.82 Å². The van der Waals surface area contributed by atoms with Gasteiger partial charge in [0.2, 0.25) is 0 Å². The van der Waals surface area contributed by atoms with E-state index in [9.17, 15) is 9.18 Å². The Hall–Kier alpha value is -1.75. The Balaban J connectivity index is 1.91. The molecule has 0 spiro atoms. The Bertz CT molecular complexity index is 555. The van der Waals surface area contributed by atoms with Crippen LogP contribution in [0.5, 0.6) is 0 Å². The number of pyridine rings is 1. The van der Waals surface area contributed by atoms with Crippen molar-refractivity contribution in [3.05, 3.63) is 64.1 Å². The fourth-order valence-corrected chi connectivity index (χ4v) is 2.10. The summed E-state index contributed by atoms with van der Waals surface area (Å²) in [6.07, 6.45) is 2.35. The fourth-order valence-electron chi connectivity index (χ4n) is 1.64. The number of nitrogens with zero attached hydrogens (tertiary/aromatic N) is 1. The van der Waals surface area contributed by atoms with Crippen molar-refractivity contribution >= 4 is 21.8 Å². The SMILES string of the molecule is O=C(NCCc1ccccn1)c1cc(F)cc(Br)c1. The molecule has 0 bridgehead atoms. The van der Waals surface area contributed by atoms with Gasteiger partial charge in [-0.1, -0.05) is 22.0 Å². The van der Waals surface area contributed by atoms with Crippen LogP contribution < -0.4 is 5.32 Å². The summed E-state index contributed by atoms with van der Waals surface area (Å²) in [4.78, 5) is 16.0. The number of amides is 1. The Morgan fingerprint density at radius 2 is 2.16 bits per heavy atom. The minimum atomic E-state index is -0.441. The van der Waals surface area contributed by atoms with E-state index in [-0.39, 0.29) is 5.91 Å². The largest absolute Gasteiger partial charge is 0.352 e. The highest BCUT2D eigenvalue weighted by molar-refractivity contribution is 9.10. The summed E-state index contributed by atoms with van der Waals surface area (Å²) >= 11 is 3.16. The maximum atomic E-state index is 13.2. The number of aromatic nitrogens is 1. The summed E-state index contributed by atoms with van der Waals surface area (Å²) in [5, 5.41) is 2.74. The molecule has 0 unspecified atom stereocenters. The molecule has 0 fully saturated rings. The van der Waals surface area contributed by atoms with Gasteiger partial charge in [-0.25, -0.2) is 4.39 Å². The summed E-state index contributed by atoms with van der Waals surface area (Å²) in [6.45, 7) is 0.462. The van der Waals surface area contributed by atoms with E-state index in [0.29, 0.717) is 23.0 Å². The van der Waals surface area contributed by atoms with E-state index in [1.165, 1.54) is 12.1 Å². The molecule has 0 saturated carbocycles. The number of hydrogen-bond acceptors (Lipinski definition) is 2. The molecule has 1 amide bonds. The first kappa shape index (κ1) is 13.7. The number of nitrogens with one attached hydrogen (secondary N) is 1. The van der Waals surface area contributed by atoms with Crippen LogP contribution in [0.2, 0.25) is 0 Å². The van der Waals surface area contributed by atoms with Gasteiger partial charge in [0.05, 0.1) is 0 Å². The van der Waals surface area contributed by atoms with E-state index in [4.69, 9.17) is 0 Å². The maximum absolute atomic E-state index is 13.2. The normalized spacial score (nSPS) is 10.2. The van der Waals surface area contributed by atoms with Crippen LogP contribution in [-0.2, 0) is 6.42 Å². The molecule has 19 heavy (non-hydrogen) atoms. The third-order valence-electron chi connectivity index (χ3n) is 2.52. The summed E-state index contributed by atoms with van der Waals surface area (Å²) in [5.41, 5.74) is 1.20. The zero-order valence-corrected chi connectivity index (χ0v) is 11.7. The quantitative estimate of drug-likeness (QED) is 0.940. The van der Waals surface area contributed by atoms with Gasteiger partial charge in [0.15, 0.2) is 0 Å². The molecule has 0 radical (unpaired) electrons. The van der Waals surface area contributed by atoms with Gasteiger partial charge < -0.3 is 5.32 Å². The molecule has 5 heteroatoms. The second-order valence-corrected chi connectivity index (χ2v) is 4.90. The van der Waals surface area contributed by atoms with Gasteiger partial charge in [-0.05, 0) is 30.3 Å². The lowest BCUT2D eigenvalue weighted by Crippen LogP contribution is -2.26. The second kappa shape index (κ2) is 6.43. The number of carbonyl (C=O) groups excluding carboxylic acids is 1. The zero-order valence-electron chi connectivity index (χ0n) is 10.1. The Kier molecular flexibility index (Phi) is 4.63. The van der Waals surface area contributed by atoms with Gasteiger partial charge in [0.25, 0.3) is 5.91 Å². The van der Waals surface area contributed by atoms with E-state index in [2.05, 4.69) is 26.2 Å². The van der Waals surface area contributed by atoms with Crippen LogP contribution in [-0.4, -0.2) is 17.4 Å². The van der Waals surface area contributed by atoms with E-state index >= 15 is 0 Å². The number of rotatable bonds is 4. The average Bonchev–Trinajstić information content (AvgIpc) is 2.38. The standard InChI is InChI=1S/C14H12BrFN2O/c15-11-7-10(8-12(16)9-11)14(19)18-6-4-13-3-1-2-5-17-13/h1-3,5,7-9H,4,6H2,(H,18,19). The van der Waals surface area contributed by atoms with Crippen molar-refractivity contribution in [1.29, 1.82) is 0 Å².